The van der Waals surface area contributed by atoms with Crippen LogP contribution in [0.5, 0.6) is 0 Å². The van der Waals surface area contributed by atoms with Crippen LogP contribution in [0.1, 0.15) is 25.8 Å². The van der Waals surface area contributed by atoms with E-state index in [0.717, 1.165) is 6.54 Å². The van der Waals surface area contributed by atoms with E-state index < -0.39 is 0 Å². The number of rotatable bonds is 3. The van der Waals surface area contributed by atoms with Crippen molar-refractivity contribution in [3.05, 3.63) is 29.8 Å². The van der Waals surface area contributed by atoms with E-state index >= 15 is 0 Å². The highest BCUT2D eigenvalue weighted by atomic mass is 15.2. The third kappa shape index (κ3) is 2.56. The molecule has 1 N–H and O–H groups in total. The molecule has 1 heterocycles. The first-order valence-electron chi connectivity index (χ1n) is 6.09. The van der Waals surface area contributed by atoms with Crippen LogP contribution in [-0.2, 0) is 6.54 Å². The molecule has 0 aromatic heterocycles. The van der Waals surface area contributed by atoms with Crippen molar-refractivity contribution in [1.29, 1.82) is 0 Å². The standard InChI is InChI=1S/C14H22N2/c1-14(2)8-9-16(11-14)13-6-4-12(5-7-13)10-15-3/h4-7,15H,8-11H2,1-3H3. The predicted molar refractivity (Wildman–Crippen MR) is 69.8 cm³/mol. The first-order chi connectivity index (χ1) is 7.61. The summed E-state index contributed by atoms with van der Waals surface area (Å²) in [7, 11) is 1.98. The van der Waals surface area contributed by atoms with Gasteiger partial charge in [0.1, 0.15) is 0 Å². The summed E-state index contributed by atoms with van der Waals surface area (Å²) in [5, 5.41) is 3.17. The van der Waals surface area contributed by atoms with Crippen LogP contribution in [0.25, 0.3) is 0 Å². The van der Waals surface area contributed by atoms with Gasteiger partial charge in [-0.25, -0.2) is 0 Å². The topological polar surface area (TPSA) is 15.3 Å². The molecule has 1 saturated heterocycles. The highest BCUT2D eigenvalue weighted by Crippen LogP contribution is 2.32. The van der Waals surface area contributed by atoms with Gasteiger partial charge in [0.05, 0.1) is 0 Å². The lowest BCUT2D eigenvalue weighted by Gasteiger charge is -2.21. The summed E-state index contributed by atoms with van der Waals surface area (Å²) in [6.07, 6.45) is 1.30. The van der Waals surface area contributed by atoms with Gasteiger partial charge >= 0.3 is 0 Å². The molecule has 1 aliphatic heterocycles. The molecule has 2 heteroatoms. The van der Waals surface area contributed by atoms with Gasteiger partial charge in [0.15, 0.2) is 0 Å². The Morgan fingerprint density at radius 1 is 1.25 bits per heavy atom. The van der Waals surface area contributed by atoms with Gasteiger partial charge < -0.3 is 10.2 Å². The molecule has 2 nitrogen and oxygen atoms in total. The minimum absolute atomic E-state index is 0.476. The summed E-state index contributed by atoms with van der Waals surface area (Å²) >= 11 is 0. The molecule has 0 unspecified atom stereocenters. The molecule has 0 bridgehead atoms. The highest BCUT2D eigenvalue weighted by molar-refractivity contribution is 5.48. The molecule has 0 amide bonds. The largest absolute Gasteiger partial charge is 0.371 e. The molecule has 0 radical (unpaired) electrons. The van der Waals surface area contributed by atoms with Gasteiger partial charge in [-0.1, -0.05) is 26.0 Å². The van der Waals surface area contributed by atoms with Crippen molar-refractivity contribution in [2.75, 3.05) is 25.0 Å². The summed E-state index contributed by atoms with van der Waals surface area (Å²) in [5.41, 5.74) is 3.19. The first kappa shape index (κ1) is 11.5. The number of anilines is 1. The smallest absolute Gasteiger partial charge is 0.0366 e. The lowest BCUT2D eigenvalue weighted by atomic mass is 9.93. The SMILES string of the molecule is CNCc1ccc(N2CCC(C)(C)C2)cc1. The molecule has 2 rings (SSSR count). The van der Waals surface area contributed by atoms with Gasteiger partial charge in [-0.2, -0.15) is 0 Å². The van der Waals surface area contributed by atoms with Crippen molar-refractivity contribution in [2.45, 2.75) is 26.8 Å². The normalized spacial score (nSPS) is 19.1. The maximum absolute atomic E-state index is 3.17. The monoisotopic (exact) mass is 218 g/mol. The van der Waals surface area contributed by atoms with Crippen molar-refractivity contribution < 1.29 is 0 Å². The Kier molecular flexibility index (Phi) is 3.20. The fourth-order valence-corrected chi connectivity index (χ4v) is 2.36. The number of benzene rings is 1. The minimum atomic E-state index is 0.476. The summed E-state index contributed by atoms with van der Waals surface area (Å²) in [4.78, 5) is 2.49. The summed E-state index contributed by atoms with van der Waals surface area (Å²) in [6.45, 7) is 8.02. The Morgan fingerprint density at radius 3 is 2.44 bits per heavy atom. The molecule has 1 fully saturated rings. The molecule has 16 heavy (non-hydrogen) atoms. The number of hydrogen-bond acceptors (Lipinski definition) is 2. The van der Waals surface area contributed by atoms with Gasteiger partial charge in [0.2, 0.25) is 0 Å². The van der Waals surface area contributed by atoms with E-state index in [4.69, 9.17) is 0 Å². The van der Waals surface area contributed by atoms with Crippen molar-refractivity contribution in [1.82, 2.24) is 5.32 Å². The number of nitrogens with zero attached hydrogens (tertiary/aromatic N) is 1. The van der Waals surface area contributed by atoms with Crippen molar-refractivity contribution >= 4 is 5.69 Å². The molecule has 88 valence electrons. The third-order valence-corrected chi connectivity index (χ3v) is 3.36. The van der Waals surface area contributed by atoms with E-state index in [1.165, 1.54) is 30.8 Å². The van der Waals surface area contributed by atoms with Crippen LogP contribution in [0.15, 0.2) is 24.3 Å². The lowest BCUT2D eigenvalue weighted by Crippen LogP contribution is -2.22. The second-order valence-corrected chi connectivity index (χ2v) is 5.53. The van der Waals surface area contributed by atoms with E-state index in [1.54, 1.807) is 0 Å². The Morgan fingerprint density at radius 2 is 1.94 bits per heavy atom. The first-order valence-corrected chi connectivity index (χ1v) is 6.09. The third-order valence-electron chi connectivity index (χ3n) is 3.36. The second-order valence-electron chi connectivity index (χ2n) is 5.53. The summed E-state index contributed by atoms with van der Waals surface area (Å²) < 4.78 is 0. The predicted octanol–water partition coefficient (Wildman–Crippen LogP) is 2.64. The lowest BCUT2D eigenvalue weighted by molar-refractivity contribution is 0.418. The Bertz CT molecular complexity index is 340. The quantitative estimate of drug-likeness (QED) is 0.839. The van der Waals surface area contributed by atoms with Gasteiger partial charge in [-0.3, -0.25) is 0 Å². The van der Waals surface area contributed by atoms with E-state index in [2.05, 4.69) is 48.3 Å². The highest BCUT2D eigenvalue weighted by Gasteiger charge is 2.28. The van der Waals surface area contributed by atoms with Crippen LogP contribution >= 0.6 is 0 Å². The Balaban J connectivity index is 2.05. The number of nitrogens with one attached hydrogen (secondary N) is 1. The van der Waals surface area contributed by atoms with E-state index in [0.29, 0.717) is 5.41 Å². The molecular formula is C14H22N2. The molecule has 0 atom stereocenters. The van der Waals surface area contributed by atoms with Crippen LogP contribution in [-0.4, -0.2) is 20.1 Å². The van der Waals surface area contributed by atoms with Gasteiger partial charge in [0, 0.05) is 25.3 Å². The average molecular weight is 218 g/mol. The fourth-order valence-electron chi connectivity index (χ4n) is 2.36. The molecule has 1 aliphatic rings. The number of hydrogen-bond donors (Lipinski definition) is 1. The fraction of sp³-hybridized carbons (Fsp3) is 0.571. The van der Waals surface area contributed by atoms with E-state index in [9.17, 15) is 0 Å². The van der Waals surface area contributed by atoms with Crippen LogP contribution in [0.3, 0.4) is 0 Å². The second kappa shape index (κ2) is 4.46. The molecule has 1 aromatic rings. The van der Waals surface area contributed by atoms with Crippen molar-refractivity contribution in [3.63, 3.8) is 0 Å². The van der Waals surface area contributed by atoms with Gasteiger partial charge in [-0.05, 0) is 36.6 Å². The Hall–Kier alpha value is -1.02. The van der Waals surface area contributed by atoms with Crippen molar-refractivity contribution in [2.24, 2.45) is 5.41 Å². The molecule has 0 saturated carbocycles. The van der Waals surface area contributed by atoms with Crippen LogP contribution < -0.4 is 10.2 Å². The minimum Gasteiger partial charge on any atom is -0.371 e. The van der Waals surface area contributed by atoms with Crippen molar-refractivity contribution in [3.8, 4) is 0 Å². The molecule has 1 aromatic carbocycles. The molecule has 0 aliphatic carbocycles. The van der Waals surface area contributed by atoms with E-state index in [-0.39, 0.29) is 0 Å². The van der Waals surface area contributed by atoms with Crippen LogP contribution in [0.4, 0.5) is 5.69 Å². The van der Waals surface area contributed by atoms with Gasteiger partial charge in [0.25, 0.3) is 0 Å². The maximum Gasteiger partial charge on any atom is 0.0366 e. The molecular weight excluding hydrogens is 196 g/mol. The van der Waals surface area contributed by atoms with Crippen LogP contribution in [0.2, 0.25) is 0 Å². The maximum atomic E-state index is 3.17. The van der Waals surface area contributed by atoms with E-state index in [1.807, 2.05) is 7.05 Å². The van der Waals surface area contributed by atoms with Gasteiger partial charge in [-0.15, -0.1) is 0 Å². The Labute approximate surface area is 98.7 Å². The summed E-state index contributed by atoms with van der Waals surface area (Å²) in [6, 6.07) is 8.93. The molecule has 0 spiro atoms. The zero-order chi connectivity index (χ0) is 11.6. The summed E-state index contributed by atoms with van der Waals surface area (Å²) in [5.74, 6) is 0. The zero-order valence-corrected chi connectivity index (χ0v) is 10.6. The van der Waals surface area contributed by atoms with Crippen LogP contribution in [0, 0.1) is 5.41 Å². The average Bonchev–Trinajstić information content (AvgIpc) is 2.61. The zero-order valence-electron chi connectivity index (χ0n) is 10.6.